The Labute approximate surface area is 167 Å². The molecule has 0 bridgehead atoms. The summed E-state index contributed by atoms with van der Waals surface area (Å²) in [6.07, 6.45) is 0.913. The normalized spacial score (nSPS) is 20.1. The summed E-state index contributed by atoms with van der Waals surface area (Å²) >= 11 is 3.31. The number of amides is 1. The zero-order chi connectivity index (χ0) is 19.8. The van der Waals surface area contributed by atoms with Crippen LogP contribution in [-0.4, -0.2) is 48.5 Å². The quantitative estimate of drug-likeness (QED) is 0.610. The lowest BCUT2D eigenvalue weighted by Crippen LogP contribution is -2.43. The maximum absolute atomic E-state index is 13.3. The van der Waals surface area contributed by atoms with E-state index in [1.165, 1.54) is 16.9 Å². The number of aromatic nitrogens is 5. The Morgan fingerprint density at radius 3 is 2.86 bits per heavy atom. The maximum Gasteiger partial charge on any atom is 0.280 e. The fourth-order valence-electron chi connectivity index (χ4n) is 3.53. The van der Waals surface area contributed by atoms with Gasteiger partial charge in [0.15, 0.2) is 0 Å². The van der Waals surface area contributed by atoms with Gasteiger partial charge in [-0.25, -0.2) is 23.3 Å². The van der Waals surface area contributed by atoms with Gasteiger partial charge in [-0.3, -0.25) is 4.79 Å². The lowest BCUT2D eigenvalue weighted by Gasteiger charge is -2.37. The van der Waals surface area contributed by atoms with Gasteiger partial charge in [0.05, 0.1) is 5.69 Å². The highest BCUT2D eigenvalue weighted by atomic mass is 79.9. The number of piperidine rings is 1. The van der Waals surface area contributed by atoms with Crippen LogP contribution in [0.5, 0.6) is 0 Å². The first-order valence-electron chi connectivity index (χ1n) is 8.83. The Bertz CT molecular complexity index is 1010. The number of hydrogen-bond donors (Lipinski definition) is 0. The number of fused-ring (bicyclic) bond motifs is 1. The van der Waals surface area contributed by atoms with E-state index in [9.17, 15) is 13.6 Å². The SMILES string of the molecule is C[C@@H]1CCN(C(=O)c2ccc(Br)cn2)C[C@H]1c1cc(C(F)F)nc2ncnn12. The summed E-state index contributed by atoms with van der Waals surface area (Å²) in [5, 5.41) is 4.14. The van der Waals surface area contributed by atoms with Gasteiger partial charge in [0.2, 0.25) is 0 Å². The average Bonchev–Trinajstić information content (AvgIpc) is 3.16. The first-order chi connectivity index (χ1) is 13.4. The van der Waals surface area contributed by atoms with Gasteiger partial charge in [-0.2, -0.15) is 10.1 Å². The number of alkyl halides is 2. The molecule has 1 amide bonds. The highest BCUT2D eigenvalue weighted by Gasteiger charge is 2.33. The molecule has 1 saturated heterocycles. The molecule has 2 atom stereocenters. The Kier molecular flexibility index (Phi) is 5.05. The molecule has 0 saturated carbocycles. The molecule has 0 spiro atoms. The molecule has 4 rings (SSSR count). The molecule has 1 aliphatic rings. The van der Waals surface area contributed by atoms with Gasteiger partial charge < -0.3 is 4.90 Å². The minimum absolute atomic E-state index is 0.137. The van der Waals surface area contributed by atoms with E-state index in [1.54, 1.807) is 23.2 Å². The summed E-state index contributed by atoms with van der Waals surface area (Å²) in [5.74, 6) is -0.0273. The van der Waals surface area contributed by atoms with E-state index in [2.05, 4.69) is 42.9 Å². The van der Waals surface area contributed by atoms with E-state index >= 15 is 0 Å². The van der Waals surface area contributed by atoms with Gasteiger partial charge in [-0.15, -0.1) is 0 Å². The average molecular weight is 451 g/mol. The summed E-state index contributed by atoms with van der Waals surface area (Å²) in [7, 11) is 0. The van der Waals surface area contributed by atoms with Crippen molar-refractivity contribution < 1.29 is 13.6 Å². The predicted octanol–water partition coefficient (Wildman–Crippen LogP) is 3.49. The number of rotatable bonds is 3. The van der Waals surface area contributed by atoms with Crippen LogP contribution < -0.4 is 0 Å². The summed E-state index contributed by atoms with van der Waals surface area (Å²) in [4.78, 5) is 26.6. The first kappa shape index (κ1) is 18.9. The van der Waals surface area contributed by atoms with Crippen LogP contribution in [0.15, 0.2) is 35.2 Å². The molecule has 0 unspecified atom stereocenters. The molecular weight excluding hydrogens is 434 g/mol. The van der Waals surface area contributed by atoms with Gasteiger partial charge >= 0.3 is 0 Å². The van der Waals surface area contributed by atoms with Crippen molar-refractivity contribution in [2.45, 2.75) is 25.7 Å². The van der Waals surface area contributed by atoms with Crippen molar-refractivity contribution in [3.05, 3.63) is 52.3 Å². The van der Waals surface area contributed by atoms with E-state index in [0.29, 0.717) is 24.5 Å². The van der Waals surface area contributed by atoms with Gasteiger partial charge in [0.1, 0.15) is 17.7 Å². The molecule has 1 aliphatic heterocycles. The van der Waals surface area contributed by atoms with E-state index in [-0.39, 0.29) is 29.2 Å². The Morgan fingerprint density at radius 1 is 1.32 bits per heavy atom. The number of carbonyl (C=O) groups is 1. The highest BCUT2D eigenvalue weighted by molar-refractivity contribution is 9.10. The molecule has 10 heteroatoms. The molecule has 28 heavy (non-hydrogen) atoms. The monoisotopic (exact) mass is 450 g/mol. The molecule has 3 aromatic heterocycles. The zero-order valence-electron chi connectivity index (χ0n) is 15.0. The third-order valence-corrected chi connectivity index (χ3v) is 5.56. The third-order valence-electron chi connectivity index (χ3n) is 5.09. The fraction of sp³-hybridized carbons (Fsp3) is 0.389. The molecule has 0 radical (unpaired) electrons. The van der Waals surface area contributed by atoms with Crippen LogP contribution in [0, 0.1) is 5.92 Å². The summed E-state index contributed by atoms with van der Waals surface area (Å²) in [6.45, 7) is 3.02. The second-order valence-corrected chi connectivity index (χ2v) is 7.78. The lowest BCUT2D eigenvalue weighted by molar-refractivity contribution is 0.0659. The van der Waals surface area contributed by atoms with E-state index < -0.39 is 6.43 Å². The zero-order valence-corrected chi connectivity index (χ0v) is 16.6. The molecule has 146 valence electrons. The minimum Gasteiger partial charge on any atom is -0.337 e. The van der Waals surface area contributed by atoms with Crippen LogP contribution >= 0.6 is 15.9 Å². The fourth-order valence-corrected chi connectivity index (χ4v) is 3.77. The molecular formula is C18H17BrF2N6O. The van der Waals surface area contributed by atoms with Crippen molar-refractivity contribution in [2.75, 3.05) is 13.1 Å². The summed E-state index contributed by atoms with van der Waals surface area (Å²) < 4.78 is 28.9. The Balaban J connectivity index is 1.67. The molecule has 0 aliphatic carbocycles. The van der Waals surface area contributed by atoms with Gasteiger partial charge in [0, 0.05) is 29.7 Å². The van der Waals surface area contributed by atoms with Crippen LogP contribution in [-0.2, 0) is 0 Å². The third kappa shape index (κ3) is 3.48. The predicted molar refractivity (Wildman–Crippen MR) is 100 cm³/mol. The summed E-state index contributed by atoms with van der Waals surface area (Å²) in [6, 6.07) is 4.80. The number of pyridine rings is 1. The number of halogens is 3. The van der Waals surface area contributed by atoms with Crippen LogP contribution in [0.4, 0.5) is 8.78 Å². The van der Waals surface area contributed by atoms with Gasteiger partial charge in [0.25, 0.3) is 18.1 Å². The number of likely N-dealkylation sites (tertiary alicyclic amines) is 1. The van der Waals surface area contributed by atoms with E-state index in [0.717, 1.165) is 10.9 Å². The molecule has 3 aromatic rings. The number of hydrogen-bond acceptors (Lipinski definition) is 5. The second kappa shape index (κ2) is 7.50. The topological polar surface area (TPSA) is 76.3 Å². The van der Waals surface area contributed by atoms with Crippen molar-refractivity contribution in [3.63, 3.8) is 0 Å². The van der Waals surface area contributed by atoms with E-state index in [1.807, 2.05) is 0 Å². The van der Waals surface area contributed by atoms with E-state index in [4.69, 9.17) is 0 Å². The molecule has 1 fully saturated rings. The van der Waals surface area contributed by atoms with Crippen molar-refractivity contribution in [1.29, 1.82) is 0 Å². The second-order valence-electron chi connectivity index (χ2n) is 6.86. The van der Waals surface area contributed by atoms with Crippen molar-refractivity contribution in [1.82, 2.24) is 29.5 Å². The highest BCUT2D eigenvalue weighted by Crippen LogP contribution is 2.34. The number of nitrogens with zero attached hydrogens (tertiary/aromatic N) is 6. The Hall–Kier alpha value is -2.49. The van der Waals surface area contributed by atoms with Crippen molar-refractivity contribution in [2.24, 2.45) is 5.92 Å². The van der Waals surface area contributed by atoms with Crippen molar-refractivity contribution in [3.8, 4) is 0 Å². The van der Waals surface area contributed by atoms with Crippen LogP contribution in [0.3, 0.4) is 0 Å². The number of carbonyl (C=O) groups excluding carboxylic acids is 1. The van der Waals surface area contributed by atoms with Crippen LogP contribution in [0.2, 0.25) is 0 Å². The smallest absolute Gasteiger partial charge is 0.280 e. The Morgan fingerprint density at radius 2 is 2.14 bits per heavy atom. The molecule has 0 aromatic carbocycles. The molecule has 7 nitrogen and oxygen atoms in total. The standard InChI is InChI=1S/C18H17BrF2N6O/c1-10-4-5-26(17(28)13-3-2-11(19)7-22-13)8-12(10)15-6-14(16(20)21)25-18-23-9-24-27(15)18/h2-3,6-7,9-10,12,16H,4-5,8H2,1H3/t10-,12-/m1/s1. The largest absolute Gasteiger partial charge is 0.337 e. The van der Waals surface area contributed by atoms with Crippen LogP contribution in [0.1, 0.15) is 47.6 Å². The summed E-state index contributed by atoms with van der Waals surface area (Å²) in [5.41, 5.74) is 0.609. The first-order valence-corrected chi connectivity index (χ1v) is 9.63. The van der Waals surface area contributed by atoms with Crippen LogP contribution in [0.25, 0.3) is 5.78 Å². The van der Waals surface area contributed by atoms with Gasteiger partial charge in [-0.1, -0.05) is 6.92 Å². The molecule has 4 heterocycles. The molecule has 0 N–H and O–H groups in total. The van der Waals surface area contributed by atoms with Gasteiger partial charge in [-0.05, 0) is 46.5 Å². The lowest BCUT2D eigenvalue weighted by atomic mass is 9.84. The minimum atomic E-state index is -2.70. The van der Waals surface area contributed by atoms with Crippen molar-refractivity contribution >= 4 is 27.6 Å². The maximum atomic E-state index is 13.3.